The van der Waals surface area contributed by atoms with E-state index in [9.17, 15) is 10.1 Å². The van der Waals surface area contributed by atoms with E-state index in [1.165, 1.54) is 0 Å². The molecule has 0 amide bonds. The van der Waals surface area contributed by atoms with Crippen LogP contribution in [0.1, 0.15) is 27.7 Å². The molecule has 0 unspecified atom stereocenters. The molecule has 0 bridgehead atoms. The van der Waals surface area contributed by atoms with Crippen LogP contribution < -0.4 is 0 Å². The Kier molecular flexibility index (Phi) is 3.07. The molecule has 0 N–H and O–H groups in total. The van der Waals surface area contributed by atoms with Gasteiger partial charge in [0.25, 0.3) is 0 Å². The Morgan fingerprint density at radius 2 is 1.55 bits per heavy atom. The van der Waals surface area contributed by atoms with E-state index in [2.05, 4.69) is 0 Å². The lowest BCUT2D eigenvalue weighted by molar-refractivity contribution is -0.507. The van der Waals surface area contributed by atoms with Crippen LogP contribution in [0.4, 0.5) is 0 Å². The van der Waals surface area contributed by atoms with Crippen molar-refractivity contribution in [3.8, 4) is 0 Å². The van der Waals surface area contributed by atoms with Gasteiger partial charge in [0.05, 0.1) is 0 Å². The van der Waals surface area contributed by atoms with Crippen LogP contribution in [0.2, 0.25) is 0 Å². The Balaban J connectivity index is 1.82. The fourth-order valence-electron chi connectivity index (χ4n) is 3.01. The zero-order valence-corrected chi connectivity index (χ0v) is 11.9. The third-order valence-electron chi connectivity index (χ3n) is 3.58. The quantitative estimate of drug-likeness (QED) is 0.545. The van der Waals surface area contributed by atoms with Gasteiger partial charge in [-0.3, -0.25) is 10.1 Å². The van der Waals surface area contributed by atoms with Crippen LogP contribution in [-0.2, 0) is 23.7 Å². The van der Waals surface area contributed by atoms with Crippen LogP contribution in [0.3, 0.4) is 0 Å². The maximum Gasteiger partial charge on any atom is 0.232 e. The summed E-state index contributed by atoms with van der Waals surface area (Å²) in [6.45, 7) is 6.71. The predicted molar refractivity (Wildman–Crippen MR) is 64.4 cm³/mol. The number of fused-ring (bicyclic) bond motifs is 3. The van der Waals surface area contributed by atoms with Crippen molar-refractivity contribution in [2.75, 3.05) is 6.54 Å². The van der Waals surface area contributed by atoms with E-state index in [0.29, 0.717) is 0 Å². The SMILES string of the molecule is CC1(C)O[C@H]2O[C@H]3[C@H](OC(C)(C)O[C@H]3C[N+](=O)[O-])[C@H]2O1. The molecule has 8 nitrogen and oxygen atoms in total. The molecule has 0 aromatic heterocycles. The van der Waals surface area contributed by atoms with Crippen LogP contribution in [0, 0.1) is 10.1 Å². The van der Waals surface area contributed by atoms with Gasteiger partial charge in [-0.2, -0.15) is 0 Å². The van der Waals surface area contributed by atoms with E-state index in [4.69, 9.17) is 23.7 Å². The Bertz CT molecular complexity index is 424. The first-order valence-electron chi connectivity index (χ1n) is 6.65. The summed E-state index contributed by atoms with van der Waals surface area (Å²) in [6, 6.07) is 0. The first-order valence-corrected chi connectivity index (χ1v) is 6.65. The summed E-state index contributed by atoms with van der Waals surface area (Å²) in [5, 5.41) is 10.8. The molecule has 3 aliphatic heterocycles. The minimum Gasteiger partial charge on any atom is -0.342 e. The molecule has 114 valence electrons. The molecule has 0 saturated carbocycles. The average molecular weight is 289 g/mol. The lowest BCUT2D eigenvalue weighted by atomic mass is 10.0. The van der Waals surface area contributed by atoms with E-state index >= 15 is 0 Å². The second kappa shape index (κ2) is 4.35. The molecule has 20 heavy (non-hydrogen) atoms. The number of nitrogens with zero attached hydrogens (tertiary/aromatic N) is 1. The van der Waals surface area contributed by atoms with Crippen molar-refractivity contribution in [1.82, 2.24) is 0 Å². The molecular weight excluding hydrogens is 270 g/mol. The van der Waals surface area contributed by atoms with Gasteiger partial charge < -0.3 is 23.7 Å². The van der Waals surface area contributed by atoms with Crippen molar-refractivity contribution < 1.29 is 28.6 Å². The first-order chi connectivity index (χ1) is 9.17. The van der Waals surface area contributed by atoms with Crippen molar-refractivity contribution in [3.05, 3.63) is 10.1 Å². The van der Waals surface area contributed by atoms with Crippen molar-refractivity contribution >= 4 is 0 Å². The molecule has 0 radical (unpaired) electrons. The second-order valence-corrected chi connectivity index (χ2v) is 6.22. The van der Waals surface area contributed by atoms with Crippen molar-refractivity contribution in [1.29, 1.82) is 0 Å². The summed E-state index contributed by atoms with van der Waals surface area (Å²) in [6.07, 6.45) is -2.64. The Labute approximate surface area is 116 Å². The van der Waals surface area contributed by atoms with E-state index in [0.717, 1.165) is 0 Å². The molecule has 3 saturated heterocycles. The second-order valence-electron chi connectivity index (χ2n) is 6.22. The molecule has 0 spiro atoms. The van der Waals surface area contributed by atoms with Crippen LogP contribution >= 0.6 is 0 Å². The zero-order chi connectivity index (χ0) is 14.7. The van der Waals surface area contributed by atoms with E-state index in [1.807, 2.05) is 0 Å². The van der Waals surface area contributed by atoms with Crippen LogP contribution in [0.5, 0.6) is 0 Å². The van der Waals surface area contributed by atoms with Crippen LogP contribution in [0.15, 0.2) is 0 Å². The van der Waals surface area contributed by atoms with Crippen molar-refractivity contribution in [2.45, 2.75) is 70.0 Å². The third-order valence-corrected chi connectivity index (χ3v) is 3.58. The maximum absolute atomic E-state index is 10.8. The minimum atomic E-state index is -0.920. The molecule has 0 aromatic carbocycles. The van der Waals surface area contributed by atoms with Crippen LogP contribution in [-0.4, -0.2) is 53.7 Å². The summed E-state index contributed by atoms with van der Waals surface area (Å²) >= 11 is 0. The van der Waals surface area contributed by atoms with E-state index in [1.54, 1.807) is 27.7 Å². The highest BCUT2D eigenvalue weighted by molar-refractivity contribution is 5.00. The van der Waals surface area contributed by atoms with E-state index in [-0.39, 0.29) is 6.54 Å². The Hall–Kier alpha value is -0.800. The monoisotopic (exact) mass is 289 g/mol. The number of hydrogen-bond acceptors (Lipinski definition) is 7. The molecule has 0 aliphatic carbocycles. The Morgan fingerprint density at radius 1 is 0.950 bits per heavy atom. The largest absolute Gasteiger partial charge is 0.342 e. The molecular formula is C12H19NO7. The fourth-order valence-corrected chi connectivity index (χ4v) is 3.01. The lowest BCUT2D eigenvalue weighted by Gasteiger charge is -2.42. The van der Waals surface area contributed by atoms with Gasteiger partial charge in [-0.15, -0.1) is 0 Å². The summed E-state index contributed by atoms with van der Waals surface area (Å²) in [7, 11) is 0. The number of ether oxygens (including phenoxy) is 5. The summed E-state index contributed by atoms with van der Waals surface area (Å²) in [5.74, 6) is -1.67. The molecule has 3 aliphatic rings. The van der Waals surface area contributed by atoms with Crippen LogP contribution in [0.25, 0.3) is 0 Å². The average Bonchev–Trinajstić information content (AvgIpc) is 2.69. The Morgan fingerprint density at radius 3 is 2.20 bits per heavy atom. The lowest BCUT2D eigenvalue weighted by Crippen LogP contribution is -2.57. The molecule has 3 heterocycles. The molecule has 3 fully saturated rings. The number of nitro groups is 1. The van der Waals surface area contributed by atoms with Crippen molar-refractivity contribution in [3.63, 3.8) is 0 Å². The van der Waals surface area contributed by atoms with Gasteiger partial charge in [0, 0.05) is 4.92 Å². The number of rotatable bonds is 2. The molecule has 5 atom stereocenters. The smallest absolute Gasteiger partial charge is 0.232 e. The first kappa shape index (κ1) is 14.2. The van der Waals surface area contributed by atoms with Gasteiger partial charge >= 0.3 is 0 Å². The zero-order valence-electron chi connectivity index (χ0n) is 11.9. The van der Waals surface area contributed by atoms with Gasteiger partial charge in [-0.05, 0) is 27.7 Å². The normalized spacial score (nSPS) is 44.9. The highest BCUT2D eigenvalue weighted by Crippen LogP contribution is 2.44. The molecule has 3 rings (SSSR count). The topological polar surface area (TPSA) is 89.3 Å². The molecule has 0 aromatic rings. The van der Waals surface area contributed by atoms with Gasteiger partial charge in [-0.1, -0.05) is 0 Å². The van der Waals surface area contributed by atoms with E-state index < -0.39 is 47.2 Å². The van der Waals surface area contributed by atoms with Gasteiger partial charge in [0.15, 0.2) is 24.0 Å². The van der Waals surface area contributed by atoms with Gasteiger partial charge in [0.1, 0.15) is 18.3 Å². The third kappa shape index (κ3) is 2.42. The maximum atomic E-state index is 10.8. The number of hydrogen-bond donors (Lipinski definition) is 0. The minimum absolute atomic E-state index is 0.337. The standard InChI is InChI=1S/C12H19NO7/c1-11(2)17-6(5-13(14)15)7-8(18-11)9-10(16-7)20-12(3,4)19-9/h6-10H,5H2,1-4H3/t6-,7+,8-,9+,10+/m0/s1. The summed E-state index contributed by atoms with van der Waals surface area (Å²) < 4.78 is 28.6. The summed E-state index contributed by atoms with van der Waals surface area (Å²) in [5.41, 5.74) is 0. The fraction of sp³-hybridized carbons (Fsp3) is 1.00. The summed E-state index contributed by atoms with van der Waals surface area (Å²) in [4.78, 5) is 10.4. The predicted octanol–water partition coefficient (Wildman–Crippen LogP) is 0.660. The molecule has 8 heteroatoms. The highest BCUT2D eigenvalue weighted by Gasteiger charge is 2.61. The van der Waals surface area contributed by atoms with Gasteiger partial charge in [0.2, 0.25) is 6.54 Å². The van der Waals surface area contributed by atoms with Gasteiger partial charge in [-0.25, -0.2) is 0 Å². The highest BCUT2D eigenvalue weighted by atomic mass is 16.9. The van der Waals surface area contributed by atoms with Crippen molar-refractivity contribution in [2.24, 2.45) is 0 Å².